The molecule has 0 N–H and O–H groups in total. The van der Waals surface area contributed by atoms with Crippen molar-refractivity contribution >= 4 is 17.0 Å². The summed E-state index contributed by atoms with van der Waals surface area (Å²) in [4.78, 5) is 16.0. The Bertz CT molecular complexity index is 625. The summed E-state index contributed by atoms with van der Waals surface area (Å²) in [6.07, 6.45) is 0.163. The molecule has 18 heavy (non-hydrogen) atoms. The highest BCUT2D eigenvalue weighted by atomic mass is 16.5. The molecule has 1 aromatic heterocycles. The molecule has 0 aliphatic carbocycles. The predicted octanol–water partition coefficient (Wildman–Crippen LogP) is 1.84. The third kappa shape index (κ3) is 1.93. The summed E-state index contributed by atoms with van der Waals surface area (Å²) >= 11 is 0. The van der Waals surface area contributed by atoms with Crippen LogP contribution in [0.1, 0.15) is 18.8 Å². The number of fused-ring (bicyclic) bond motifs is 1. The average Bonchev–Trinajstić information content (AvgIpc) is 2.75. The lowest BCUT2D eigenvalue weighted by Gasteiger charge is -2.14. The number of nitrogens with zero attached hydrogens (tertiary/aromatic N) is 3. The first kappa shape index (κ1) is 12.1. The molecule has 1 atom stereocenters. The predicted molar refractivity (Wildman–Crippen MR) is 65.8 cm³/mol. The van der Waals surface area contributed by atoms with Crippen LogP contribution in [0.3, 0.4) is 0 Å². The molecule has 1 aromatic carbocycles. The molecular weight excluding hydrogens is 230 g/mol. The SMILES string of the molecule is COC(=O)[C@@H](C)n1c(CC#N)nc2ccccc21. The second-order valence-corrected chi connectivity index (χ2v) is 3.92. The van der Waals surface area contributed by atoms with Gasteiger partial charge in [-0.1, -0.05) is 12.1 Å². The smallest absolute Gasteiger partial charge is 0.328 e. The van der Waals surface area contributed by atoms with Crippen LogP contribution in [0, 0.1) is 11.3 Å². The van der Waals surface area contributed by atoms with E-state index >= 15 is 0 Å². The van der Waals surface area contributed by atoms with Crippen molar-refractivity contribution in [2.45, 2.75) is 19.4 Å². The lowest BCUT2D eigenvalue weighted by Crippen LogP contribution is -2.19. The molecule has 0 unspecified atom stereocenters. The topological polar surface area (TPSA) is 67.9 Å². The summed E-state index contributed by atoms with van der Waals surface area (Å²) in [5.74, 6) is 0.231. The van der Waals surface area contributed by atoms with Gasteiger partial charge in [0.25, 0.3) is 0 Å². The number of carbonyl (C=O) groups excluding carboxylic acids is 1. The van der Waals surface area contributed by atoms with Gasteiger partial charge in [0.2, 0.25) is 0 Å². The van der Waals surface area contributed by atoms with Gasteiger partial charge in [0.1, 0.15) is 11.9 Å². The van der Waals surface area contributed by atoms with E-state index in [2.05, 4.69) is 11.1 Å². The van der Waals surface area contributed by atoms with Gasteiger partial charge in [-0.2, -0.15) is 5.26 Å². The molecule has 0 saturated carbocycles. The molecule has 2 aromatic rings. The Balaban J connectivity index is 2.62. The van der Waals surface area contributed by atoms with E-state index in [9.17, 15) is 4.79 Å². The third-order valence-electron chi connectivity index (χ3n) is 2.84. The van der Waals surface area contributed by atoms with Crippen molar-refractivity contribution in [1.29, 1.82) is 5.26 Å². The highest BCUT2D eigenvalue weighted by Crippen LogP contribution is 2.22. The molecular formula is C13H13N3O2. The second-order valence-electron chi connectivity index (χ2n) is 3.92. The van der Waals surface area contributed by atoms with E-state index in [4.69, 9.17) is 10.00 Å². The maximum atomic E-state index is 11.7. The number of esters is 1. The number of methoxy groups -OCH3 is 1. The number of benzene rings is 1. The van der Waals surface area contributed by atoms with Crippen molar-refractivity contribution in [3.05, 3.63) is 30.1 Å². The number of imidazole rings is 1. The Morgan fingerprint density at radius 1 is 1.56 bits per heavy atom. The quantitative estimate of drug-likeness (QED) is 0.771. The highest BCUT2D eigenvalue weighted by molar-refractivity contribution is 5.81. The lowest BCUT2D eigenvalue weighted by atomic mass is 10.2. The molecule has 0 bridgehead atoms. The van der Waals surface area contributed by atoms with Gasteiger partial charge in [-0.25, -0.2) is 9.78 Å². The fourth-order valence-electron chi connectivity index (χ4n) is 2.00. The summed E-state index contributed by atoms with van der Waals surface area (Å²) < 4.78 is 6.50. The Hall–Kier alpha value is -2.35. The van der Waals surface area contributed by atoms with E-state index in [-0.39, 0.29) is 12.4 Å². The van der Waals surface area contributed by atoms with Gasteiger partial charge in [0, 0.05) is 0 Å². The Morgan fingerprint density at radius 3 is 2.94 bits per heavy atom. The van der Waals surface area contributed by atoms with Crippen molar-refractivity contribution in [2.75, 3.05) is 7.11 Å². The molecule has 1 heterocycles. The van der Waals surface area contributed by atoms with Gasteiger partial charge in [-0.3, -0.25) is 0 Å². The van der Waals surface area contributed by atoms with Crippen molar-refractivity contribution < 1.29 is 9.53 Å². The molecule has 5 nitrogen and oxygen atoms in total. The molecule has 0 radical (unpaired) electrons. The monoisotopic (exact) mass is 243 g/mol. The van der Waals surface area contributed by atoms with Crippen LogP contribution in [-0.4, -0.2) is 22.6 Å². The fraction of sp³-hybridized carbons (Fsp3) is 0.308. The number of aromatic nitrogens is 2. The molecule has 5 heteroatoms. The summed E-state index contributed by atoms with van der Waals surface area (Å²) in [5, 5.41) is 8.83. The van der Waals surface area contributed by atoms with E-state index in [1.165, 1.54) is 7.11 Å². The first-order chi connectivity index (χ1) is 8.69. The van der Waals surface area contributed by atoms with Crippen molar-refractivity contribution in [3.63, 3.8) is 0 Å². The standard InChI is InChI=1S/C13H13N3O2/c1-9(13(17)18-2)16-11-6-4-3-5-10(11)15-12(16)7-8-14/h3-6,9H,7H2,1-2H3/t9-/m1/s1. The number of nitriles is 1. The molecule has 0 spiro atoms. The Kier molecular flexibility index (Phi) is 3.28. The van der Waals surface area contributed by atoms with Crippen LogP contribution < -0.4 is 0 Å². The van der Waals surface area contributed by atoms with E-state index in [1.807, 2.05) is 24.3 Å². The minimum absolute atomic E-state index is 0.163. The summed E-state index contributed by atoms with van der Waals surface area (Å²) in [6.45, 7) is 1.74. The number of rotatable bonds is 3. The molecule has 0 aliphatic rings. The van der Waals surface area contributed by atoms with E-state index in [0.717, 1.165) is 11.0 Å². The van der Waals surface area contributed by atoms with Crippen LogP contribution in [0.4, 0.5) is 0 Å². The summed E-state index contributed by atoms with van der Waals surface area (Å²) in [6, 6.07) is 9.05. The first-order valence-corrected chi connectivity index (χ1v) is 5.59. The zero-order chi connectivity index (χ0) is 13.1. The number of hydrogen-bond donors (Lipinski definition) is 0. The van der Waals surface area contributed by atoms with Crippen LogP contribution in [0.15, 0.2) is 24.3 Å². The van der Waals surface area contributed by atoms with Gasteiger partial charge in [0.15, 0.2) is 0 Å². The molecule has 2 rings (SSSR count). The van der Waals surface area contributed by atoms with Crippen LogP contribution in [-0.2, 0) is 16.0 Å². The highest BCUT2D eigenvalue weighted by Gasteiger charge is 2.21. The van der Waals surface area contributed by atoms with Crippen molar-refractivity contribution in [3.8, 4) is 6.07 Å². The molecule has 0 fully saturated rings. The maximum Gasteiger partial charge on any atom is 0.328 e. The minimum atomic E-state index is -0.495. The van der Waals surface area contributed by atoms with E-state index in [0.29, 0.717) is 5.82 Å². The summed E-state index contributed by atoms with van der Waals surface area (Å²) in [5.41, 5.74) is 1.61. The van der Waals surface area contributed by atoms with Gasteiger partial charge in [0.05, 0.1) is 30.6 Å². The molecule has 92 valence electrons. The van der Waals surface area contributed by atoms with Crippen LogP contribution in [0.2, 0.25) is 0 Å². The van der Waals surface area contributed by atoms with Gasteiger partial charge < -0.3 is 9.30 Å². The van der Waals surface area contributed by atoms with E-state index in [1.54, 1.807) is 11.5 Å². The normalized spacial score (nSPS) is 12.1. The Labute approximate surface area is 105 Å². The zero-order valence-electron chi connectivity index (χ0n) is 10.3. The van der Waals surface area contributed by atoms with Crippen LogP contribution >= 0.6 is 0 Å². The third-order valence-corrected chi connectivity index (χ3v) is 2.84. The summed E-state index contributed by atoms with van der Waals surface area (Å²) in [7, 11) is 1.35. The number of para-hydroxylation sites is 2. The first-order valence-electron chi connectivity index (χ1n) is 5.59. The van der Waals surface area contributed by atoms with Gasteiger partial charge in [-0.15, -0.1) is 0 Å². The Morgan fingerprint density at radius 2 is 2.28 bits per heavy atom. The minimum Gasteiger partial charge on any atom is -0.467 e. The largest absolute Gasteiger partial charge is 0.467 e. The number of ether oxygens (including phenoxy) is 1. The number of carbonyl (C=O) groups is 1. The average molecular weight is 243 g/mol. The maximum absolute atomic E-state index is 11.7. The number of hydrogen-bond acceptors (Lipinski definition) is 4. The van der Waals surface area contributed by atoms with Crippen molar-refractivity contribution in [2.24, 2.45) is 0 Å². The zero-order valence-corrected chi connectivity index (χ0v) is 10.3. The van der Waals surface area contributed by atoms with Crippen molar-refractivity contribution in [1.82, 2.24) is 9.55 Å². The lowest BCUT2D eigenvalue weighted by molar-refractivity contribution is -0.143. The fourth-order valence-corrected chi connectivity index (χ4v) is 2.00. The van der Waals surface area contributed by atoms with Crippen LogP contribution in [0.5, 0.6) is 0 Å². The van der Waals surface area contributed by atoms with Crippen LogP contribution in [0.25, 0.3) is 11.0 Å². The van der Waals surface area contributed by atoms with Gasteiger partial charge in [-0.05, 0) is 19.1 Å². The molecule has 0 aliphatic heterocycles. The van der Waals surface area contributed by atoms with E-state index < -0.39 is 6.04 Å². The molecule has 0 saturated heterocycles. The molecule has 0 amide bonds. The second kappa shape index (κ2) is 4.88. The van der Waals surface area contributed by atoms with Gasteiger partial charge >= 0.3 is 5.97 Å².